The van der Waals surface area contributed by atoms with Gasteiger partial charge in [-0.2, -0.15) is 0 Å². The molecule has 0 saturated heterocycles. The fourth-order valence-electron chi connectivity index (χ4n) is 5.28. The van der Waals surface area contributed by atoms with Gasteiger partial charge < -0.3 is 9.80 Å². The normalized spacial score (nSPS) is 16.1. The zero-order valence-corrected chi connectivity index (χ0v) is 22.8. The fourth-order valence-corrected chi connectivity index (χ4v) is 5.28. The van der Waals surface area contributed by atoms with Gasteiger partial charge in [0.25, 0.3) is 0 Å². The van der Waals surface area contributed by atoms with Crippen LogP contribution in [0.4, 0.5) is 0 Å². The van der Waals surface area contributed by atoms with E-state index < -0.39 is 0 Å². The van der Waals surface area contributed by atoms with Crippen LogP contribution >= 0.6 is 0 Å². The molecule has 1 rings (SSSR count). The third kappa shape index (κ3) is 14.5. The molecule has 1 atom stereocenters. The molecular weight excluding hydrogens is 388 g/mol. The molecule has 0 amide bonds. The van der Waals surface area contributed by atoms with E-state index in [0.29, 0.717) is 12.1 Å². The van der Waals surface area contributed by atoms with E-state index >= 15 is 0 Å². The molecule has 0 N–H and O–H groups in total. The maximum Gasteiger partial charge on any atom is 0.103 e. The molecule has 0 bridgehead atoms. The van der Waals surface area contributed by atoms with Crippen LogP contribution in [-0.4, -0.2) is 29.1 Å². The first-order chi connectivity index (χ1) is 15.7. The van der Waals surface area contributed by atoms with Gasteiger partial charge in [0.15, 0.2) is 0 Å². The maximum absolute atomic E-state index is 2.61. The van der Waals surface area contributed by atoms with Crippen LogP contribution in [0, 0.1) is 5.92 Å². The van der Waals surface area contributed by atoms with Gasteiger partial charge in [0.1, 0.15) is 6.17 Å². The average Bonchev–Trinajstić information content (AvgIpc) is 3.19. The Morgan fingerprint density at radius 2 is 0.750 bits per heavy atom. The Hall–Kier alpha value is -0.660. The minimum absolute atomic E-state index is 0.591. The van der Waals surface area contributed by atoms with Crippen molar-refractivity contribution in [2.75, 3.05) is 13.1 Å². The van der Waals surface area contributed by atoms with Crippen LogP contribution < -0.4 is 0 Å². The summed E-state index contributed by atoms with van der Waals surface area (Å²) in [6, 6.07) is 0. The summed E-state index contributed by atoms with van der Waals surface area (Å²) in [6.07, 6.45) is 33.9. The van der Waals surface area contributed by atoms with Gasteiger partial charge >= 0.3 is 0 Å². The average molecular weight is 449 g/mol. The molecule has 0 aromatic rings. The summed E-state index contributed by atoms with van der Waals surface area (Å²) in [7, 11) is 0. The molecule has 1 aliphatic heterocycles. The highest BCUT2D eigenvalue weighted by Gasteiger charge is 2.27. The van der Waals surface area contributed by atoms with E-state index in [4.69, 9.17) is 0 Å². The number of nitrogens with zero attached hydrogens (tertiary/aromatic N) is 2. The lowest BCUT2D eigenvalue weighted by Crippen LogP contribution is -2.43. The Bertz CT molecular complexity index is 417. The van der Waals surface area contributed by atoms with Crippen molar-refractivity contribution in [2.24, 2.45) is 5.92 Å². The van der Waals surface area contributed by atoms with Crippen LogP contribution in [0.1, 0.15) is 156 Å². The molecular formula is C30H60N2. The molecule has 0 aliphatic carbocycles. The molecule has 0 spiro atoms. The molecule has 190 valence electrons. The van der Waals surface area contributed by atoms with Gasteiger partial charge in [-0.3, -0.25) is 0 Å². The molecule has 1 heterocycles. The van der Waals surface area contributed by atoms with Gasteiger partial charge in [-0.05, 0) is 18.8 Å². The van der Waals surface area contributed by atoms with Gasteiger partial charge in [0, 0.05) is 25.5 Å². The van der Waals surface area contributed by atoms with Gasteiger partial charge in [0.05, 0.1) is 0 Å². The quantitative estimate of drug-likeness (QED) is 0.143. The zero-order valence-electron chi connectivity index (χ0n) is 22.8. The molecule has 0 fully saturated rings. The summed E-state index contributed by atoms with van der Waals surface area (Å²) >= 11 is 0. The number of unbranched alkanes of at least 4 members (excludes halogenated alkanes) is 18. The minimum Gasteiger partial charge on any atom is -0.356 e. The first-order valence-corrected chi connectivity index (χ1v) is 14.9. The smallest absolute Gasteiger partial charge is 0.103 e. The molecule has 0 aromatic carbocycles. The highest BCUT2D eigenvalue weighted by molar-refractivity contribution is 4.98. The molecule has 0 radical (unpaired) electrons. The predicted molar refractivity (Wildman–Crippen MR) is 145 cm³/mol. The van der Waals surface area contributed by atoms with Gasteiger partial charge in [-0.25, -0.2) is 0 Å². The van der Waals surface area contributed by atoms with Crippen LogP contribution in [0.3, 0.4) is 0 Å². The monoisotopic (exact) mass is 448 g/mol. The van der Waals surface area contributed by atoms with Crippen LogP contribution in [0.2, 0.25) is 0 Å². The minimum atomic E-state index is 0.591. The number of rotatable bonds is 23. The maximum atomic E-state index is 2.61. The van der Waals surface area contributed by atoms with E-state index in [2.05, 4.69) is 49.9 Å². The lowest BCUT2D eigenvalue weighted by Gasteiger charge is -2.36. The fraction of sp³-hybridized carbons (Fsp3) is 0.933. The van der Waals surface area contributed by atoms with Crippen molar-refractivity contribution in [3.8, 4) is 0 Å². The Morgan fingerprint density at radius 1 is 0.469 bits per heavy atom. The van der Waals surface area contributed by atoms with Crippen molar-refractivity contribution < 1.29 is 0 Å². The highest BCUT2D eigenvalue weighted by Crippen LogP contribution is 2.24. The van der Waals surface area contributed by atoms with Crippen LogP contribution in [0.15, 0.2) is 12.4 Å². The second-order valence-electron chi connectivity index (χ2n) is 10.8. The van der Waals surface area contributed by atoms with E-state index in [-0.39, 0.29) is 0 Å². The van der Waals surface area contributed by atoms with Crippen LogP contribution in [0.25, 0.3) is 0 Å². The Labute approximate surface area is 203 Å². The van der Waals surface area contributed by atoms with Gasteiger partial charge in [0.2, 0.25) is 0 Å². The summed E-state index contributed by atoms with van der Waals surface area (Å²) in [6.45, 7) is 11.8. The molecule has 1 aliphatic rings. The van der Waals surface area contributed by atoms with Crippen LogP contribution in [0.5, 0.6) is 0 Å². The topological polar surface area (TPSA) is 6.48 Å². The van der Waals surface area contributed by atoms with Gasteiger partial charge in [-0.1, -0.05) is 143 Å². The van der Waals surface area contributed by atoms with Crippen molar-refractivity contribution in [1.82, 2.24) is 9.80 Å². The molecule has 0 aromatic heterocycles. The first kappa shape index (κ1) is 29.4. The van der Waals surface area contributed by atoms with Crippen molar-refractivity contribution in [2.45, 2.75) is 162 Å². The third-order valence-corrected chi connectivity index (χ3v) is 7.27. The summed E-state index contributed by atoms with van der Waals surface area (Å²) < 4.78 is 0. The first-order valence-electron chi connectivity index (χ1n) is 14.9. The van der Waals surface area contributed by atoms with E-state index in [1.165, 1.54) is 142 Å². The Balaban J connectivity index is 1.90. The van der Waals surface area contributed by atoms with Crippen molar-refractivity contribution >= 4 is 0 Å². The van der Waals surface area contributed by atoms with E-state index in [0.717, 1.165) is 0 Å². The van der Waals surface area contributed by atoms with Crippen molar-refractivity contribution in [1.29, 1.82) is 0 Å². The number of hydrogen-bond acceptors (Lipinski definition) is 2. The van der Waals surface area contributed by atoms with E-state index in [1.54, 1.807) is 0 Å². The summed E-state index contributed by atoms with van der Waals surface area (Å²) in [4.78, 5) is 5.20. The molecule has 1 unspecified atom stereocenters. The van der Waals surface area contributed by atoms with Gasteiger partial charge in [-0.15, -0.1) is 0 Å². The second-order valence-corrected chi connectivity index (χ2v) is 10.8. The Morgan fingerprint density at radius 3 is 1.09 bits per heavy atom. The summed E-state index contributed by atoms with van der Waals surface area (Å²) in [5, 5.41) is 0. The molecule has 2 nitrogen and oxygen atoms in total. The van der Waals surface area contributed by atoms with E-state index in [1.807, 2.05) is 0 Å². The lowest BCUT2D eigenvalue weighted by molar-refractivity contribution is 0.104. The SMILES string of the molecule is CCCCCCCCCCCCCCCCCCCN1C=CN(CCCCC)C1C(C)C. The van der Waals surface area contributed by atoms with E-state index in [9.17, 15) is 0 Å². The standard InChI is InChI=1S/C30H60N2/c1-5-7-9-10-11-12-13-14-15-16-17-18-19-20-21-22-24-26-32-28-27-31(25-23-8-6-2)30(32)29(3)4/h27-30H,5-26H2,1-4H3. The molecule has 0 saturated carbocycles. The lowest BCUT2D eigenvalue weighted by atomic mass is 10.0. The molecule has 32 heavy (non-hydrogen) atoms. The zero-order chi connectivity index (χ0) is 23.3. The summed E-state index contributed by atoms with van der Waals surface area (Å²) in [5.41, 5.74) is 0. The largest absolute Gasteiger partial charge is 0.356 e. The highest BCUT2D eigenvalue weighted by atomic mass is 15.4. The second kappa shape index (κ2) is 20.9. The predicted octanol–water partition coefficient (Wildman–Crippen LogP) is 9.90. The van der Waals surface area contributed by atoms with Crippen LogP contribution in [-0.2, 0) is 0 Å². The molecule has 2 heteroatoms. The number of hydrogen-bond donors (Lipinski definition) is 0. The van der Waals surface area contributed by atoms with Crippen molar-refractivity contribution in [3.05, 3.63) is 12.4 Å². The third-order valence-electron chi connectivity index (χ3n) is 7.27. The summed E-state index contributed by atoms with van der Waals surface area (Å²) in [5.74, 6) is 0.692. The Kier molecular flexibility index (Phi) is 19.2. The van der Waals surface area contributed by atoms with Crippen molar-refractivity contribution in [3.63, 3.8) is 0 Å².